The largest absolute Gasteiger partial charge is 0.456 e. The molecule has 200 valence electrons. The van der Waals surface area contributed by atoms with E-state index in [1.165, 1.54) is 22.3 Å². The number of para-hydroxylation sites is 2. The van der Waals surface area contributed by atoms with Crippen molar-refractivity contribution in [3.8, 4) is 11.5 Å². The van der Waals surface area contributed by atoms with Crippen LogP contribution in [0.3, 0.4) is 0 Å². The summed E-state index contributed by atoms with van der Waals surface area (Å²) < 4.78 is 7.15. The van der Waals surface area contributed by atoms with Crippen LogP contribution in [0, 0.1) is 13.8 Å². The number of benzene rings is 6. The van der Waals surface area contributed by atoms with Crippen LogP contribution in [-0.2, 0) is 0 Å². The quantitative estimate of drug-likeness (QED) is 0.178. The van der Waals surface area contributed by atoms with Gasteiger partial charge in [0.1, 0.15) is 11.5 Å². The molecular weight excluding hydrogens is 496 g/mol. The SMILES string of the molecule is Cc1cccc(C(c2ccccc2)c2ccccc2)c1Oc1c(C)cccc1C(c1ccccc1)c1ccccc1. The third kappa shape index (κ3) is 5.58. The summed E-state index contributed by atoms with van der Waals surface area (Å²) in [5.74, 6) is 1.92. The van der Waals surface area contributed by atoms with Crippen molar-refractivity contribution < 1.29 is 4.74 Å². The molecule has 0 aromatic heterocycles. The van der Waals surface area contributed by atoms with Gasteiger partial charge >= 0.3 is 0 Å². The lowest BCUT2D eigenvalue weighted by atomic mass is 9.83. The average molecular weight is 531 g/mol. The Morgan fingerprint density at radius 3 is 0.927 bits per heavy atom. The summed E-state index contributed by atoms with van der Waals surface area (Å²) in [5.41, 5.74) is 9.52. The summed E-state index contributed by atoms with van der Waals surface area (Å²) in [7, 11) is 0. The van der Waals surface area contributed by atoms with Gasteiger partial charge in [-0.1, -0.05) is 158 Å². The highest BCUT2D eigenvalue weighted by Crippen LogP contribution is 2.45. The fraction of sp³-hybridized carbons (Fsp3) is 0.100. The predicted octanol–water partition coefficient (Wildman–Crippen LogP) is 10.5. The van der Waals surface area contributed by atoms with Gasteiger partial charge in [0.15, 0.2) is 0 Å². The van der Waals surface area contributed by atoms with Crippen molar-refractivity contribution in [3.63, 3.8) is 0 Å². The summed E-state index contributed by atoms with van der Waals surface area (Å²) in [6.07, 6.45) is 0. The second kappa shape index (κ2) is 12.1. The molecule has 0 saturated carbocycles. The first kappa shape index (κ1) is 26.3. The topological polar surface area (TPSA) is 9.23 Å². The van der Waals surface area contributed by atoms with Crippen LogP contribution < -0.4 is 4.74 Å². The normalized spacial score (nSPS) is 11.1. The molecule has 41 heavy (non-hydrogen) atoms. The molecule has 6 aromatic carbocycles. The molecule has 0 fully saturated rings. The molecule has 0 heterocycles. The highest BCUT2D eigenvalue weighted by atomic mass is 16.5. The highest BCUT2D eigenvalue weighted by Gasteiger charge is 2.26. The van der Waals surface area contributed by atoms with E-state index in [0.717, 1.165) is 33.8 Å². The average Bonchev–Trinajstić information content (AvgIpc) is 3.02. The van der Waals surface area contributed by atoms with E-state index in [9.17, 15) is 0 Å². The Labute approximate surface area is 243 Å². The zero-order valence-electron chi connectivity index (χ0n) is 23.6. The molecular formula is C40H34O. The molecule has 0 unspecified atom stereocenters. The van der Waals surface area contributed by atoms with Gasteiger partial charge in [-0.3, -0.25) is 0 Å². The molecule has 0 bridgehead atoms. The maximum atomic E-state index is 7.15. The van der Waals surface area contributed by atoms with Crippen LogP contribution in [0.25, 0.3) is 0 Å². The summed E-state index contributed by atoms with van der Waals surface area (Å²) in [6, 6.07) is 56.0. The molecule has 0 N–H and O–H groups in total. The van der Waals surface area contributed by atoms with Crippen molar-refractivity contribution in [2.75, 3.05) is 0 Å². The third-order valence-corrected chi connectivity index (χ3v) is 7.84. The fourth-order valence-electron chi connectivity index (χ4n) is 5.87. The van der Waals surface area contributed by atoms with E-state index in [-0.39, 0.29) is 11.8 Å². The van der Waals surface area contributed by atoms with Gasteiger partial charge < -0.3 is 4.74 Å². The Bertz CT molecular complexity index is 1500. The standard InChI is InChI=1S/C40H34O/c1-29-17-15-27-35(37(31-19-7-3-8-20-31)32-21-9-4-10-22-32)39(29)41-40-30(2)18-16-28-36(40)38(33-23-11-5-12-24-33)34-25-13-6-14-26-34/h3-28,37-38H,1-2H3. The van der Waals surface area contributed by atoms with E-state index in [1.807, 2.05) is 0 Å². The Balaban J connectivity index is 1.53. The molecule has 1 heteroatoms. The van der Waals surface area contributed by atoms with Gasteiger partial charge in [0, 0.05) is 23.0 Å². The summed E-state index contributed by atoms with van der Waals surface area (Å²) in [4.78, 5) is 0. The maximum Gasteiger partial charge on any atom is 0.134 e. The van der Waals surface area contributed by atoms with E-state index in [1.54, 1.807) is 0 Å². The molecule has 0 aliphatic heterocycles. The van der Waals surface area contributed by atoms with Crippen molar-refractivity contribution in [3.05, 3.63) is 202 Å². The maximum absolute atomic E-state index is 7.15. The number of hydrogen-bond donors (Lipinski definition) is 0. The van der Waals surface area contributed by atoms with E-state index >= 15 is 0 Å². The molecule has 6 aromatic rings. The van der Waals surface area contributed by atoms with Gasteiger partial charge in [0.05, 0.1) is 0 Å². The molecule has 6 rings (SSSR count). The first-order chi connectivity index (χ1) is 20.2. The zero-order chi connectivity index (χ0) is 28.0. The number of hydrogen-bond acceptors (Lipinski definition) is 1. The highest BCUT2D eigenvalue weighted by molar-refractivity contribution is 5.57. The van der Waals surface area contributed by atoms with Gasteiger partial charge in [0.2, 0.25) is 0 Å². The molecule has 0 aliphatic rings. The van der Waals surface area contributed by atoms with Crippen molar-refractivity contribution in [1.29, 1.82) is 0 Å². The molecule has 0 atom stereocenters. The monoisotopic (exact) mass is 530 g/mol. The van der Waals surface area contributed by atoms with Crippen LogP contribution in [0.1, 0.15) is 56.3 Å². The lowest BCUT2D eigenvalue weighted by molar-refractivity contribution is 0.461. The van der Waals surface area contributed by atoms with E-state index in [4.69, 9.17) is 4.74 Å². The number of aryl methyl sites for hydroxylation is 2. The second-order valence-electron chi connectivity index (χ2n) is 10.6. The van der Waals surface area contributed by atoms with Crippen LogP contribution in [0.4, 0.5) is 0 Å². The van der Waals surface area contributed by atoms with Crippen molar-refractivity contribution in [2.45, 2.75) is 25.7 Å². The Kier molecular flexibility index (Phi) is 7.78. The van der Waals surface area contributed by atoms with Crippen LogP contribution >= 0.6 is 0 Å². The van der Waals surface area contributed by atoms with Crippen LogP contribution in [0.15, 0.2) is 158 Å². The van der Waals surface area contributed by atoms with E-state index < -0.39 is 0 Å². The van der Waals surface area contributed by atoms with Crippen LogP contribution in [0.2, 0.25) is 0 Å². The van der Waals surface area contributed by atoms with Crippen molar-refractivity contribution in [1.82, 2.24) is 0 Å². The minimum absolute atomic E-state index is 0.0406. The lowest BCUT2D eigenvalue weighted by Gasteiger charge is -2.26. The second-order valence-corrected chi connectivity index (χ2v) is 10.6. The molecule has 0 spiro atoms. The zero-order valence-corrected chi connectivity index (χ0v) is 23.6. The predicted molar refractivity (Wildman–Crippen MR) is 170 cm³/mol. The first-order valence-electron chi connectivity index (χ1n) is 14.3. The minimum Gasteiger partial charge on any atom is -0.456 e. The van der Waals surface area contributed by atoms with Crippen LogP contribution in [-0.4, -0.2) is 0 Å². The van der Waals surface area contributed by atoms with Gasteiger partial charge in [-0.2, -0.15) is 0 Å². The smallest absolute Gasteiger partial charge is 0.134 e. The Morgan fingerprint density at radius 2 is 0.634 bits per heavy atom. The lowest BCUT2D eigenvalue weighted by Crippen LogP contribution is -2.09. The summed E-state index contributed by atoms with van der Waals surface area (Å²) >= 11 is 0. The van der Waals surface area contributed by atoms with E-state index in [2.05, 4.69) is 172 Å². The molecule has 0 saturated heterocycles. The molecule has 0 aliphatic carbocycles. The van der Waals surface area contributed by atoms with Crippen molar-refractivity contribution >= 4 is 0 Å². The van der Waals surface area contributed by atoms with Gasteiger partial charge in [-0.15, -0.1) is 0 Å². The van der Waals surface area contributed by atoms with Crippen LogP contribution in [0.5, 0.6) is 11.5 Å². The minimum atomic E-state index is 0.0406. The number of ether oxygens (including phenoxy) is 1. The van der Waals surface area contributed by atoms with Gasteiger partial charge in [-0.25, -0.2) is 0 Å². The van der Waals surface area contributed by atoms with Gasteiger partial charge in [0.25, 0.3) is 0 Å². The Morgan fingerprint density at radius 1 is 0.341 bits per heavy atom. The molecule has 0 radical (unpaired) electrons. The fourth-order valence-corrected chi connectivity index (χ4v) is 5.87. The third-order valence-electron chi connectivity index (χ3n) is 7.84. The van der Waals surface area contributed by atoms with E-state index in [0.29, 0.717) is 0 Å². The van der Waals surface area contributed by atoms with Gasteiger partial charge in [-0.05, 0) is 47.2 Å². The number of rotatable bonds is 8. The molecule has 1 nitrogen and oxygen atoms in total. The first-order valence-corrected chi connectivity index (χ1v) is 14.3. The van der Waals surface area contributed by atoms with Crippen molar-refractivity contribution in [2.24, 2.45) is 0 Å². The summed E-state index contributed by atoms with van der Waals surface area (Å²) in [6.45, 7) is 4.30. The summed E-state index contributed by atoms with van der Waals surface area (Å²) in [5, 5.41) is 0. The molecule has 0 amide bonds. The Hall–Kier alpha value is -4.88.